The van der Waals surface area contributed by atoms with Crippen LogP contribution < -0.4 is 0 Å². The summed E-state index contributed by atoms with van der Waals surface area (Å²) in [5, 5.41) is 0. The molecule has 5 heavy (non-hydrogen) atoms. The van der Waals surface area contributed by atoms with Gasteiger partial charge in [-0.25, -0.2) is 0 Å². The molecule has 0 atom stereocenters. The van der Waals surface area contributed by atoms with E-state index >= 15 is 0 Å². The van der Waals surface area contributed by atoms with E-state index in [0.29, 0.717) is 0 Å². The van der Waals surface area contributed by atoms with Gasteiger partial charge in [0, 0.05) is 0 Å². The first kappa shape index (κ1) is 5.05. The zero-order chi connectivity index (χ0) is 4.28. The number of hydrogen-bond donors (Lipinski definition) is 0. The van der Waals surface area contributed by atoms with Gasteiger partial charge >= 0.3 is 30.1 Å². The van der Waals surface area contributed by atoms with Crippen LogP contribution in [0.2, 0.25) is 0 Å². The molecule has 0 fully saturated rings. The maximum atomic E-state index is 9.04. The van der Waals surface area contributed by atoms with Crippen LogP contribution in [0.5, 0.6) is 0 Å². The van der Waals surface area contributed by atoms with Crippen LogP contribution in [0.4, 0.5) is 0 Å². The number of hydrogen-bond acceptors (Lipinski definition) is 3. The molecule has 0 N–H and O–H groups in total. The predicted octanol–water partition coefficient (Wildman–Crippen LogP) is 0.0722. The van der Waals surface area contributed by atoms with E-state index in [1.54, 1.807) is 0 Å². The van der Waals surface area contributed by atoms with E-state index in [9.17, 15) is 0 Å². The average molecular weight is 111 g/mol. The van der Waals surface area contributed by atoms with E-state index in [0.717, 1.165) is 0 Å². The Bertz CT molecular complexity index is 138. The third kappa shape index (κ3) is 4.05. The van der Waals surface area contributed by atoms with Crippen molar-refractivity contribution < 1.29 is 13.0 Å². The fraction of sp³-hybridized carbons (Fsp3) is 0. The topological polar surface area (TPSA) is 51.2 Å². The second-order valence-electron chi connectivity index (χ2n) is 0.292. The Kier molecular flexibility index (Phi) is 2.32. The maximum absolute atomic E-state index is 9.04. The molecule has 0 aliphatic rings. The van der Waals surface area contributed by atoms with Gasteiger partial charge in [-0.1, -0.05) is 0 Å². The summed E-state index contributed by atoms with van der Waals surface area (Å²) in [7, 11) is -3.24. The summed E-state index contributed by atoms with van der Waals surface area (Å²) in [4.78, 5) is 0. The van der Waals surface area contributed by atoms with Crippen LogP contribution >= 0.6 is 7.24 Å². The molecular formula is O3PS. The third-order valence-corrected chi connectivity index (χ3v) is 0.548. The monoisotopic (exact) mass is 111 g/mol. The van der Waals surface area contributed by atoms with Crippen molar-refractivity contribution in [1.82, 2.24) is 0 Å². The molecule has 0 aliphatic carbocycles. The van der Waals surface area contributed by atoms with Crippen LogP contribution in [0.15, 0.2) is 0 Å². The SMILES string of the molecule is O=[P]=S(=O)=O. The molecule has 0 bridgehead atoms. The van der Waals surface area contributed by atoms with Gasteiger partial charge in [-0.15, -0.1) is 0 Å². The van der Waals surface area contributed by atoms with Crippen molar-refractivity contribution in [3.05, 3.63) is 0 Å². The minimum absolute atomic E-state index is 0.836. The summed E-state index contributed by atoms with van der Waals surface area (Å²) in [6, 6.07) is 0. The molecule has 29 valence electrons. The zero-order valence-corrected chi connectivity index (χ0v) is 3.79. The summed E-state index contributed by atoms with van der Waals surface area (Å²) >= 11 is 0. The van der Waals surface area contributed by atoms with Crippen LogP contribution in [0.1, 0.15) is 0 Å². The molecule has 0 saturated carbocycles. The van der Waals surface area contributed by atoms with Crippen LogP contribution in [0.25, 0.3) is 0 Å². The van der Waals surface area contributed by atoms with Crippen LogP contribution in [-0.2, 0) is 14.4 Å². The Morgan fingerprint density at radius 2 is 1.60 bits per heavy atom. The third-order valence-electron chi connectivity index (χ3n) is 0.0609. The first-order chi connectivity index (χ1) is 2.27. The van der Waals surface area contributed by atoms with Gasteiger partial charge in [-0.2, -0.15) is 0 Å². The van der Waals surface area contributed by atoms with E-state index in [4.69, 9.17) is 13.0 Å². The van der Waals surface area contributed by atoms with Crippen molar-refractivity contribution in [3.63, 3.8) is 0 Å². The van der Waals surface area contributed by atoms with E-state index < -0.39 is 17.1 Å². The summed E-state index contributed by atoms with van der Waals surface area (Å²) in [5.41, 5.74) is 0. The average Bonchev–Trinajstić information content (AvgIpc) is 1.38. The van der Waals surface area contributed by atoms with Crippen LogP contribution in [0, 0.1) is 0 Å². The fourth-order valence-corrected chi connectivity index (χ4v) is 0. The molecule has 3 nitrogen and oxygen atoms in total. The summed E-state index contributed by atoms with van der Waals surface area (Å²) in [6.07, 6.45) is 0. The molecule has 0 unspecified atom stereocenters. The van der Waals surface area contributed by atoms with Crippen molar-refractivity contribution in [2.45, 2.75) is 0 Å². The van der Waals surface area contributed by atoms with Gasteiger partial charge < -0.3 is 0 Å². The summed E-state index contributed by atoms with van der Waals surface area (Å²) in [6.45, 7) is 0. The fourth-order valence-electron chi connectivity index (χ4n) is 0. The molecule has 0 aliphatic heterocycles. The van der Waals surface area contributed by atoms with Crippen LogP contribution in [0.3, 0.4) is 0 Å². The molecule has 0 aromatic rings. The van der Waals surface area contributed by atoms with Gasteiger partial charge in [0.25, 0.3) is 0 Å². The first-order valence-electron chi connectivity index (χ1n) is 0.698. The normalized spacial score (nSPS) is 6.40. The second kappa shape index (κ2) is 2.30. The summed E-state index contributed by atoms with van der Waals surface area (Å²) < 4.78 is 27.1. The van der Waals surface area contributed by atoms with Gasteiger partial charge in [0.15, 0.2) is 0 Å². The van der Waals surface area contributed by atoms with Gasteiger partial charge in [0.1, 0.15) is 0 Å². The van der Waals surface area contributed by atoms with Gasteiger partial charge in [0.2, 0.25) is 0 Å². The Labute approximate surface area is 31.0 Å². The first-order valence-corrected chi connectivity index (χ1v) is 3.19. The van der Waals surface area contributed by atoms with E-state index in [2.05, 4.69) is 0 Å². The molecule has 0 spiro atoms. The molecule has 0 saturated heterocycles. The Hall–Kier alpha value is 0.0500. The Morgan fingerprint density at radius 3 is 1.60 bits per heavy atom. The molecule has 0 aromatic carbocycles. The minimum atomic E-state index is -2.41. The van der Waals surface area contributed by atoms with Gasteiger partial charge in [0.05, 0.1) is 0 Å². The predicted molar refractivity (Wildman–Crippen MR) is 16.5 cm³/mol. The van der Waals surface area contributed by atoms with Gasteiger partial charge in [-0.05, 0) is 0 Å². The van der Waals surface area contributed by atoms with Crippen molar-refractivity contribution in [3.8, 4) is 0 Å². The molecular weight excluding hydrogens is 111 g/mol. The molecule has 0 rings (SSSR count). The van der Waals surface area contributed by atoms with E-state index in [-0.39, 0.29) is 0 Å². The standard InChI is InChI=1S/O3PS/c1-4-5(2)3. The van der Waals surface area contributed by atoms with E-state index in [1.807, 2.05) is 0 Å². The second-order valence-corrected chi connectivity index (χ2v) is 2.22. The quantitative estimate of drug-likeness (QED) is 0.415. The van der Waals surface area contributed by atoms with Crippen molar-refractivity contribution in [2.24, 2.45) is 0 Å². The zero-order valence-electron chi connectivity index (χ0n) is 2.08. The Balaban J connectivity index is 5.08. The molecule has 5 heteroatoms. The van der Waals surface area contributed by atoms with Crippen LogP contribution in [-0.4, -0.2) is 8.42 Å². The van der Waals surface area contributed by atoms with Crippen molar-refractivity contribution in [2.75, 3.05) is 0 Å². The van der Waals surface area contributed by atoms with E-state index in [1.165, 1.54) is 0 Å². The van der Waals surface area contributed by atoms with Crippen molar-refractivity contribution in [1.29, 1.82) is 0 Å². The number of rotatable bonds is 0. The van der Waals surface area contributed by atoms with Crippen molar-refractivity contribution >= 4 is 17.1 Å². The molecule has 0 heterocycles. The Morgan fingerprint density at radius 1 is 1.40 bits per heavy atom. The van der Waals surface area contributed by atoms with Gasteiger partial charge in [-0.3, -0.25) is 0 Å². The molecule has 1 radical (unpaired) electrons. The summed E-state index contributed by atoms with van der Waals surface area (Å²) in [5.74, 6) is 0. The molecule has 0 aromatic heterocycles. The molecule has 0 amide bonds.